The van der Waals surface area contributed by atoms with E-state index >= 15 is 4.39 Å². The van der Waals surface area contributed by atoms with Gasteiger partial charge in [0.2, 0.25) is 0 Å². The van der Waals surface area contributed by atoms with Crippen molar-refractivity contribution in [1.29, 1.82) is 0 Å². The molecule has 1 aromatic carbocycles. The van der Waals surface area contributed by atoms with Gasteiger partial charge in [-0.25, -0.2) is 23.1 Å². The van der Waals surface area contributed by atoms with Crippen molar-refractivity contribution >= 4 is 11.7 Å². The van der Waals surface area contributed by atoms with Crippen molar-refractivity contribution in [3.63, 3.8) is 0 Å². The molecule has 1 unspecified atom stereocenters. The van der Waals surface area contributed by atoms with E-state index in [-0.39, 0.29) is 54.5 Å². The van der Waals surface area contributed by atoms with Gasteiger partial charge in [-0.3, -0.25) is 4.79 Å². The molecule has 9 nitrogen and oxygen atoms in total. The summed E-state index contributed by atoms with van der Waals surface area (Å²) in [6, 6.07) is 2.46. The second-order valence-corrected chi connectivity index (χ2v) is 9.49. The Balaban J connectivity index is 1.73. The Bertz CT molecular complexity index is 1210. The van der Waals surface area contributed by atoms with Crippen LogP contribution in [0.4, 0.5) is 27.8 Å². The van der Waals surface area contributed by atoms with E-state index in [1.807, 2.05) is 0 Å². The molecule has 4 rings (SSSR count). The van der Waals surface area contributed by atoms with Crippen LogP contribution >= 0.6 is 0 Å². The maximum atomic E-state index is 15.1. The highest BCUT2D eigenvalue weighted by atomic mass is 19.3. The Kier molecular flexibility index (Phi) is 8.40. The predicted molar refractivity (Wildman–Crippen MR) is 127 cm³/mol. The fourth-order valence-electron chi connectivity index (χ4n) is 4.39. The number of nitrogens with one attached hydrogen (secondary N) is 2. The van der Waals surface area contributed by atoms with Crippen LogP contribution in [0.2, 0.25) is 0 Å². The van der Waals surface area contributed by atoms with Crippen LogP contribution < -0.4 is 10.6 Å². The molecule has 2 heterocycles. The number of carbonyl (C=O) groups excluding carboxylic acids is 1. The molecule has 2 fully saturated rings. The standard InChI is InChI=1S/C25H29F5N4O5/c1-12(14-5-4-6-15(17(14)26)25(29,30)11-35)31-20-16(22-38-9-10-39-22)18(32-13(2)33-20)19(37-3)21(36)34-24(7-8-24)23(27)28/h4-6,12,19,22-23,35H,7-11H2,1-3H3,(H,34,36)(H,31,32,33)/t12-,19?/m1/s1. The molecule has 2 aliphatic rings. The van der Waals surface area contributed by atoms with Crippen LogP contribution in [0.3, 0.4) is 0 Å². The quantitative estimate of drug-likeness (QED) is 0.356. The summed E-state index contributed by atoms with van der Waals surface area (Å²) in [4.78, 5) is 21.8. The molecule has 214 valence electrons. The number of aliphatic hydroxyl groups is 1. The first-order chi connectivity index (χ1) is 18.4. The minimum absolute atomic E-state index is 0.0183. The number of methoxy groups -OCH3 is 1. The van der Waals surface area contributed by atoms with Gasteiger partial charge in [0.05, 0.1) is 36.1 Å². The largest absolute Gasteiger partial charge is 0.390 e. The number of carbonyl (C=O) groups is 1. The Morgan fingerprint density at radius 3 is 2.49 bits per heavy atom. The first kappa shape index (κ1) is 29.1. The minimum Gasteiger partial charge on any atom is -0.390 e. The van der Waals surface area contributed by atoms with Gasteiger partial charge in [-0.1, -0.05) is 12.1 Å². The number of hydrogen-bond acceptors (Lipinski definition) is 8. The van der Waals surface area contributed by atoms with Gasteiger partial charge in [-0.05, 0) is 32.8 Å². The van der Waals surface area contributed by atoms with Crippen LogP contribution in [0.25, 0.3) is 0 Å². The van der Waals surface area contributed by atoms with Gasteiger partial charge in [0, 0.05) is 12.7 Å². The van der Waals surface area contributed by atoms with Crippen LogP contribution in [0.5, 0.6) is 0 Å². The number of aliphatic hydroxyl groups excluding tert-OH is 1. The lowest BCUT2D eigenvalue weighted by atomic mass is 10.00. The summed E-state index contributed by atoms with van der Waals surface area (Å²) in [7, 11) is 1.21. The molecule has 2 aromatic rings. The number of amides is 1. The fourth-order valence-corrected chi connectivity index (χ4v) is 4.39. The highest BCUT2D eigenvalue weighted by Gasteiger charge is 2.53. The van der Waals surface area contributed by atoms with Crippen molar-refractivity contribution in [2.45, 2.75) is 63.0 Å². The van der Waals surface area contributed by atoms with Crippen molar-refractivity contribution in [2.24, 2.45) is 0 Å². The molecule has 1 saturated carbocycles. The SMILES string of the molecule is COC(C(=O)NC1(C(F)F)CC1)c1nc(C)nc(N[C@H](C)c2cccc(C(F)(F)CO)c2F)c1C1OCCO1. The smallest absolute Gasteiger partial charge is 0.298 e. The zero-order valence-corrected chi connectivity index (χ0v) is 21.4. The Hall–Kier alpha value is -2.94. The number of benzene rings is 1. The van der Waals surface area contributed by atoms with E-state index in [0.29, 0.717) is 0 Å². The topological polar surface area (TPSA) is 115 Å². The average molecular weight is 561 g/mol. The molecule has 2 atom stereocenters. The van der Waals surface area contributed by atoms with Gasteiger partial charge < -0.3 is 30.0 Å². The summed E-state index contributed by atoms with van der Waals surface area (Å²) in [5.41, 5.74) is -2.65. The number of alkyl halides is 4. The number of anilines is 1. The van der Waals surface area contributed by atoms with Crippen molar-refractivity contribution in [1.82, 2.24) is 15.3 Å². The van der Waals surface area contributed by atoms with E-state index < -0.39 is 60.2 Å². The van der Waals surface area contributed by atoms with Crippen molar-refractivity contribution in [3.8, 4) is 0 Å². The van der Waals surface area contributed by atoms with E-state index in [1.165, 1.54) is 33.1 Å². The van der Waals surface area contributed by atoms with E-state index in [0.717, 1.165) is 6.07 Å². The Labute approximate surface area is 221 Å². The number of aryl methyl sites for hydroxylation is 1. The van der Waals surface area contributed by atoms with Crippen LogP contribution in [0.1, 0.15) is 66.4 Å². The summed E-state index contributed by atoms with van der Waals surface area (Å²) < 4.78 is 87.0. The molecule has 1 aromatic heterocycles. The van der Waals surface area contributed by atoms with Gasteiger partial charge in [0.15, 0.2) is 12.4 Å². The molecule has 3 N–H and O–H groups in total. The van der Waals surface area contributed by atoms with Crippen molar-refractivity contribution in [3.05, 3.63) is 52.2 Å². The van der Waals surface area contributed by atoms with E-state index in [4.69, 9.17) is 19.3 Å². The van der Waals surface area contributed by atoms with Crippen molar-refractivity contribution < 1.29 is 46.1 Å². The zero-order valence-electron chi connectivity index (χ0n) is 21.4. The summed E-state index contributed by atoms with van der Waals surface area (Å²) in [5.74, 6) is -5.68. The van der Waals surface area contributed by atoms with Crippen molar-refractivity contribution in [2.75, 3.05) is 32.2 Å². The third-order valence-electron chi connectivity index (χ3n) is 6.69. The Morgan fingerprint density at radius 2 is 1.92 bits per heavy atom. The lowest BCUT2D eigenvalue weighted by Gasteiger charge is -2.26. The van der Waals surface area contributed by atoms with E-state index in [1.54, 1.807) is 0 Å². The number of hydrogen-bond donors (Lipinski definition) is 3. The lowest BCUT2D eigenvalue weighted by molar-refractivity contribution is -0.134. The molecule has 0 bridgehead atoms. The number of halogens is 5. The summed E-state index contributed by atoms with van der Waals surface area (Å²) in [6.45, 7) is 1.82. The fraction of sp³-hybridized carbons (Fsp3) is 0.560. The Morgan fingerprint density at radius 1 is 1.26 bits per heavy atom. The third-order valence-corrected chi connectivity index (χ3v) is 6.69. The molecular weight excluding hydrogens is 531 g/mol. The first-order valence-corrected chi connectivity index (χ1v) is 12.2. The second kappa shape index (κ2) is 11.3. The molecular formula is C25H29F5N4O5. The first-order valence-electron chi connectivity index (χ1n) is 12.2. The number of nitrogens with zero attached hydrogens (tertiary/aromatic N) is 2. The minimum atomic E-state index is -3.80. The molecule has 1 saturated heterocycles. The molecule has 0 radical (unpaired) electrons. The molecule has 0 spiro atoms. The summed E-state index contributed by atoms with van der Waals surface area (Å²) >= 11 is 0. The lowest BCUT2D eigenvalue weighted by Crippen LogP contribution is -2.45. The van der Waals surface area contributed by atoms with Gasteiger partial charge >= 0.3 is 0 Å². The van der Waals surface area contributed by atoms with Crippen LogP contribution in [0.15, 0.2) is 18.2 Å². The van der Waals surface area contributed by atoms with Gasteiger partial charge in [-0.2, -0.15) is 8.78 Å². The van der Waals surface area contributed by atoms with Gasteiger partial charge in [0.1, 0.15) is 29.6 Å². The van der Waals surface area contributed by atoms with Crippen LogP contribution in [-0.4, -0.2) is 59.9 Å². The maximum Gasteiger partial charge on any atom is 0.298 e. The van der Waals surface area contributed by atoms with E-state index in [9.17, 15) is 22.4 Å². The summed E-state index contributed by atoms with van der Waals surface area (Å²) in [5, 5.41) is 14.3. The van der Waals surface area contributed by atoms with Gasteiger partial charge in [-0.15, -0.1) is 0 Å². The predicted octanol–water partition coefficient (Wildman–Crippen LogP) is 3.83. The maximum absolute atomic E-state index is 15.1. The van der Waals surface area contributed by atoms with Crippen LogP contribution in [-0.2, 0) is 24.9 Å². The second-order valence-electron chi connectivity index (χ2n) is 9.49. The van der Waals surface area contributed by atoms with Crippen LogP contribution in [0, 0.1) is 12.7 Å². The van der Waals surface area contributed by atoms with E-state index in [2.05, 4.69) is 20.6 Å². The highest BCUT2D eigenvalue weighted by molar-refractivity contribution is 5.83. The molecule has 1 aliphatic carbocycles. The van der Waals surface area contributed by atoms with Gasteiger partial charge in [0.25, 0.3) is 18.3 Å². The molecule has 14 heteroatoms. The number of rotatable bonds is 11. The summed E-state index contributed by atoms with van der Waals surface area (Å²) in [6.07, 6.45) is -5.08. The normalized spacial score (nSPS) is 18.7. The number of aromatic nitrogens is 2. The molecule has 39 heavy (non-hydrogen) atoms. The molecule has 1 aliphatic heterocycles. The monoisotopic (exact) mass is 560 g/mol. The molecule has 1 amide bonds. The zero-order chi connectivity index (χ0) is 28.5. The highest BCUT2D eigenvalue weighted by Crippen LogP contribution is 2.42. The average Bonchev–Trinajstić information content (AvgIpc) is 3.47. The third kappa shape index (κ3) is 5.83. The number of ether oxygens (including phenoxy) is 3.